The second kappa shape index (κ2) is 6.53. The highest BCUT2D eigenvalue weighted by Gasteiger charge is 2.23. The quantitative estimate of drug-likeness (QED) is 0.709. The molecule has 0 unspecified atom stereocenters. The minimum absolute atomic E-state index is 0.0104. The van der Waals surface area contributed by atoms with Crippen molar-refractivity contribution < 1.29 is 13.2 Å². The number of nitrogens with one attached hydrogen (secondary N) is 1. The van der Waals surface area contributed by atoms with Crippen molar-refractivity contribution >= 4 is 32.1 Å². The van der Waals surface area contributed by atoms with Gasteiger partial charge in [-0.15, -0.1) is 11.3 Å². The predicted octanol–water partition coefficient (Wildman–Crippen LogP) is 1.07. The molecule has 112 valence electrons. The van der Waals surface area contributed by atoms with Gasteiger partial charge in [-0.1, -0.05) is 13.3 Å². The summed E-state index contributed by atoms with van der Waals surface area (Å²) in [4.78, 5) is 4.57. The lowest BCUT2D eigenvalue weighted by Gasteiger charge is -2.07. The molecule has 20 heavy (non-hydrogen) atoms. The van der Waals surface area contributed by atoms with E-state index in [0.29, 0.717) is 18.2 Å². The molecule has 0 amide bonds. The molecule has 0 bridgehead atoms. The summed E-state index contributed by atoms with van der Waals surface area (Å²) >= 11 is 1.33. The van der Waals surface area contributed by atoms with Gasteiger partial charge in [0.25, 0.3) is 10.0 Å². The average Bonchev–Trinajstić information content (AvgIpc) is 2.92. The summed E-state index contributed by atoms with van der Waals surface area (Å²) in [5.41, 5.74) is 5.68. The average molecular weight is 318 g/mol. The van der Waals surface area contributed by atoms with Crippen LogP contribution in [-0.4, -0.2) is 37.6 Å². The number of thiazole rings is 1. The molecule has 0 aliphatic carbocycles. The maximum atomic E-state index is 12.2. The Bertz CT molecular complexity index is 662. The first-order chi connectivity index (χ1) is 9.56. The highest BCUT2D eigenvalue weighted by atomic mass is 32.2. The summed E-state index contributed by atoms with van der Waals surface area (Å²) < 4.78 is 33.7. The predicted molar refractivity (Wildman–Crippen MR) is 78.4 cm³/mol. The Balaban J connectivity index is 2.00. The minimum atomic E-state index is -3.68. The van der Waals surface area contributed by atoms with Crippen LogP contribution in [0, 0.1) is 0 Å². The number of imidazole rings is 1. The Morgan fingerprint density at radius 3 is 3.05 bits per heavy atom. The summed E-state index contributed by atoms with van der Waals surface area (Å²) in [7, 11) is -3.68. The second-order valence-electron chi connectivity index (χ2n) is 4.22. The van der Waals surface area contributed by atoms with Gasteiger partial charge in [0.2, 0.25) is 0 Å². The molecule has 0 radical (unpaired) electrons. The summed E-state index contributed by atoms with van der Waals surface area (Å²) in [5.74, 6) is 0.0104. The number of nitrogen functional groups attached to an aromatic ring is 1. The van der Waals surface area contributed by atoms with Crippen molar-refractivity contribution in [2.75, 3.05) is 25.5 Å². The molecule has 0 aliphatic heterocycles. The molecule has 0 spiro atoms. The second-order valence-corrected chi connectivity index (χ2v) is 6.78. The normalized spacial score (nSPS) is 12.2. The Hall–Kier alpha value is -1.16. The van der Waals surface area contributed by atoms with E-state index in [1.165, 1.54) is 15.7 Å². The van der Waals surface area contributed by atoms with Crippen molar-refractivity contribution in [3.8, 4) is 0 Å². The lowest BCUT2D eigenvalue weighted by Crippen LogP contribution is -2.29. The number of fused-ring (bicyclic) bond motifs is 1. The van der Waals surface area contributed by atoms with E-state index in [1.807, 2.05) is 0 Å². The number of ether oxygens (including phenoxy) is 1. The summed E-state index contributed by atoms with van der Waals surface area (Å²) in [6.07, 6.45) is 3.65. The van der Waals surface area contributed by atoms with E-state index in [9.17, 15) is 8.42 Å². The first kappa shape index (κ1) is 15.2. The number of hydrogen-bond donors (Lipinski definition) is 2. The van der Waals surface area contributed by atoms with Crippen LogP contribution in [0.1, 0.15) is 19.8 Å². The molecule has 0 saturated carbocycles. The van der Waals surface area contributed by atoms with Crippen LogP contribution in [0.4, 0.5) is 5.82 Å². The number of nitrogens with two attached hydrogens (primary N) is 1. The fourth-order valence-electron chi connectivity index (χ4n) is 1.71. The molecule has 2 rings (SSSR count). The summed E-state index contributed by atoms with van der Waals surface area (Å²) in [6.45, 7) is 3.26. The summed E-state index contributed by atoms with van der Waals surface area (Å²) in [5, 5.41) is 1.75. The lowest BCUT2D eigenvalue weighted by molar-refractivity contribution is 0.136. The minimum Gasteiger partial charge on any atom is -0.381 e. The SMILES string of the molecule is CCCCOCCNS(=O)(=O)c1c(N)nc2sccn12. The molecular formula is C11H18N4O3S2. The maximum absolute atomic E-state index is 12.2. The van der Waals surface area contributed by atoms with Crippen molar-refractivity contribution in [3.05, 3.63) is 11.6 Å². The van der Waals surface area contributed by atoms with Crippen LogP contribution in [0.25, 0.3) is 4.96 Å². The largest absolute Gasteiger partial charge is 0.381 e. The van der Waals surface area contributed by atoms with Gasteiger partial charge in [-0.05, 0) is 6.42 Å². The number of sulfonamides is 1. The van der Waals surface area contributed by atoms with Crippen LogP contribution >= 0.6 is 11.3 Å². The molecule has 2 aromatic rings. The van der Waals surface area contributed by atoms with E-state index in [1.54, 1.807) is 11.6 Å². The molecule has 0 saturated heterocycles. The number of nitrogens with zero attached hydrogens (tertiary/aromatic N) is 2. The molecule has 0 fully saturated rings. The smallest absolute Gasteiger partial charge is 0.260 e. The van der Waals surface area contributed by atoms with Crippen molar-refractivity contribution in [2.45, 2.75) is 24.8 Å². The molecule has 7 nitrogen and oxygen atoms in total. The number of aromatic nitrogens is 2. The first-order valence-electron chi connectivity index (χ1n) is 6.34. The fraction of sp³-hybridized carbons (Fsp3) is 0.545. The standard InChI is InChI=1S/C11H18N4O3S2/c1-2-3-6-18-7-4-13-20(16,17)10-9(12)14-11-15(10)5-8-19-11/h5,8,13H,2-4,6-7,12H2,1H3. The van der Waals surface area contributed by atoms with Gasteiger partial charge in [-0.3, -0.25) is 4.40 Å². The van der Waals surface area contributed by atoms with Gasteiger partial charge in [-0.2, -0.15) is 0 Å². The number of anilines is 1. The summed E-state index contributed by atoms with van der Waals surface area (Å²) in [6, 6.07) is 0. The maximum Gasteiger partial charge on any atom is 0.260 e. The molecule has 0 aromatic carbocycles. The van der Waals surface area contributed by atoms with Gasteiger partial charge in [0.15, 0.2) is 15.8 Å². The van der Waals surface area contributed by atoms with Gasteiger partial charge < -0.3 is 10.5 Å². The van der Waals surface area contributed by atoms with Crippen molar-refractivity contribution in [1.29, 1.82) is 0 Å². The number of rotatable bonds is 8. The zero-order valence-electron chi connectivity index (χ0n) is 11.2. The van der Waals surface area contributed by atoms with E-state index in [4.69, 9.17) is 10.5 Å². The highest BCUT2D eigenvalue weighted by molar-refractivity contribution is 7.89. The molecule has 0 aliphatic rings. The zero-order valence-corrected chi connectivity index (χ0v) is 12.8. The molecule has 3 N–H and O–H groups in total. The third-order valence-electron chi connectivity index (χ3n) is 2.68. The van der Waals surface area contributed by atoms with E-state index in [0.717, 1.165) is 12.8 Å². The Labute approximate surface area is 121 Å². The molecule has 0 atom stereocenters. The van der Waals surface area contributed by atoms with Crippen LogP contribution in [0.15, 0.2) is 16.6 Å². The Kier molecular flexibility index (Phi) is 4.97. The van der Waals surface area contributed by atoms with Crippen molar-refractivity contribution in [2.24, 2.45) is 0 Å². The Morgan fingerprint density at radius 2 is 2.30 bits per heavy atom. The highest BCUT2D eigenvalue weighted by Crippen LogP contribution is 2.22. The number of unbranched alkanes of at least 4 members (excludes halogenated alkanes) is 1. The van der Waals surface area contributed by atoms with E-state index < -0.39 is 10.0 Å². The fourth-order valence-corrected chi connectivity index (χ4v) is 3.71. The van der Waals surface area contributed by atoms with Gasteiger partial charge in [0.1, 0.15) is 0 Å². The third kappa shape index (κ3) is 3.29. The van der Waals surface area contributed by atoms with Gasteiger partial charge in [0, 0.05) is 24.7 Å². The van der Waals surface area contributed by atoms with Gasteiger partial charge in [-0.25, -0.2) is 18.1 Å². The Morgan fingerprint density at radius 1 is 1.50 bits per heavy atom. The monoisotopic (exact) mass is 318 g/mol. The van der Waals surface area contributed by atoms with E-state index in [-0.39, 0.29) is 17.4 Å². The number of hydrogen-bond acceptors (Lipinski definition) is 6. The zero-order chi connectivity index (χ0) is 14.6. The van der Waals surface area contributed by atoms with E-state index in [2.05, 4.69) is 16.6 Å². The van der Waals surface area contributed by atoms with Gasteiger partial charge in [0.05, 0.1) is 6.61 Å². The van der Waals surface area contributed by atoms with Gasteiger partial charge >= 0.3 is 0 Å². The van der Waals surface area contributed by atoms with Crippen LogP contribution in [0.2, 0.25) is 0 Å². The van der Waals surface area contributed by atoms with Crippen LogP contribution in [0.5, 0.6) is 0 Å². The molecular weight excluding hydrogens is 300 g/mol. The molecule has 2 heterocycles. The molecule has 2 aromatic heterocycles. The van der Waals surface area contributed by atoms with Crippen LogP contribution in [-0.2, 0) is 14.8 Å². The first-order valence-corrected chi connectivity index (χ1v) is 8.71. The lowest BCUT2D eigenvalue weighted by atomic mass is 10.4. The van der Waals surface area contributed by atoms with Crippen molar-refractivity contribution in [1.82, 2.24) is 14.1 Å². The van der Waals surface area contributed by atoms with E-state index >= 15 is 0 Å². The van der Waals surface area contributed by atoms with Crippen LogP contribution in [0.3, 0.4) is 0 Å². The molecule has 9 heteroatoms. The van der Waals surface area contributed by atoms with Crippen molar-refractivity contribution in [3.63, 3.8) is 0 Å². The van der Waals surface area contributed by atoms with Crippen LogP contribution < -0.4 is 10.5 Å². The third-order valence-corrected chi connectivity index (χ3v) is 4.93. The topological polar surface area (TPSA) is 98.7 Å².